The standard InChI is InChI=1S/C17H22N4O2S/c1-15-16(14-21(20-15)17-9-3-2-4-10-17)8-7-12-19-24(22,23)13-6-5-11-18/h2-4,9-10,14,19H,5-8,12-13H2,1H3. The molecule has 0 saturated carbocycles. The Morgan fingerprint density at radius 2 is 2.00 bits per heavy atom. The molecule has 7 heteroatoms. The molecule has 2 aromatic rings. The van der Waals surface area contributed by atoms with Crippen LogP contribution in [0.1, 0.15) is 30.5 Å². The van der Waals surface area contributed by atoms with Crippen LogP contribution >= 0.6 is 0 Å². The maximum atomic E-state index is 11.7. The summed E-state index contributed by atoms with van der Waals surface area (Å²) in [5.41, 5.74) is 3.07. The second-order valence-electron chi connectivity index (χ2n) is 5.60. The molecule has 0 bridgehead atoms. The average molecular weight is 346 g/mol. The molecule has 0 spiro atoms. The third-order valence-corrected chi connectivity index (χ3v) is 5.14. The van der Waals surface area contributed by atoms with Gasteiger partial charge in [0.2, 0.25) is 10.0 Å². The molecule has 0 aliphatic heterocycles. The third-order valence-electron chi connectivity index (χ3n) is 3.67. The van der Waals surface area contributed by atoms with E-state index in [0.29, 0.717) is 19.4 Å². The number of hydrogen-bond donors (Lipinski definition) is 1. The predicted molar refractivity (Wildman–Crippen MR) is 93.3 cm³/mol. The van der Waals surface area contributed by atoms with Gasteiger partial charge in [-0.25, -0.2) is 17.8 Å². The van der Waals surface area contributed by atoms with Crippen LogP contribution in [0, 0.1) is 18.3 Å². The van der Waals surface area contributed by atoms with E-state index < -0.39 is 10.0 Å². The fourth-order valence-corrected chi connectivity index (χ4v) is 3.50. The molecule has 0 amide bonds. The number of rotatable bonds is 9. The summed E-state index contributed by atoms with van der Waals surface area (Å²) in [7, 11) is -3.28. The van der Waals surface area contributed by atoms with E-state index in [0.717, 1.165) is 23.4 Å². The van der Waals surface area contributed by atoms with E-state index >= 15 is 0 Å². The zero-order chi connectivity index (χ0) is 17.4. The lowest BCUT2D eigenvalue weighted by molar-refractivity contribution is 0.576. The summed E-state index contributed by atoms with van der Waals surface area (Å²) in [5, 5.41) is 12.9. The van der Waals surface area contributed by atoms with Gasteiger partial charge in [-0.15, -0.1) is 0 Å². The van der Waals surface area contributed by atoms with Crippen molar-refractivity contribution >= 4 is 10.0 Å². The molecule has 128 valence electrons. The van der Waals surface area contributed by atoms with Gasteiger partial charge in [0.05, 0.1) is 23.2 Å². The maximum Gasteiger partial charge on any atom is 0.211 e. The maximum absolute atomic E-state index is 11.7. The van der Waals surface area contributed by atoms with Crippen molar-refractivity contribution in [2.45, 2.75) is 32.6 Å². The minimum Gasteiger partial charge on any atom is -0.240 e. The molecule has 24 heavy (non-hydrogen) atoms. The van der Waals surface area contributed by atoms with Crippen molar-refractivity contribution in [2.24, 2.45) is 0 Å². The van der Waals surface area contributed by atoms with E-state index in [4.69, 9.17) is 5.26 Å². The van der Waals surface area contributed by atoms with Crippen LogP contribution in [0.2, 0.25) is 0 Å². The molecular formula is C17H22N4O2S. The van der Waals surface area contributed by atoms with Crippen LogP contribution < -0.4 is 4.72 Å². The van der Waals surface area contributed by atoms with E-state index in [1.165, 1.54) is 0 Å². The fraction of sp³-hybridized carbons (Fsp3) is 0.412. The van der Waals surface area contributed by atoms with Gasteiger partial charge in [0.1, 0.15) is 0 Å². The Balaban J connectivity index is 1.83. The van der Waals surface area contributed by atoms with Gasteiger partial charge < -0.3 is 0 Å². The van der Waals surface area contributed by atoms with Crippen molar-refractivity contribution in [3.63, 3.8) is 0 Å². The highest BCUT2D eigenvalue weighted by atomic mass is 32.2. The number of para-hydroxylation sites is 1. The van der Waals surface area contributed by atoms with Crippen LogP contribution in [-0.2, 0) is 16.4 Å². The number of aryl methyl sites for hydroxylation is 2. The number of nitrogens with one attached hydrogen (secondary N) is 1. The number of benzene rings is 1. The first-order valence-corrected chi connectivity index (χ1v) is 9.62. The van der Waals surface area contributed by atoms with Gasteiger partial charge in [-0.05, 0) is 43.9 Å². The third kappa shape index (κ3) is 5.48. The SMILES string of the molecule is Cc1nn(-c2ccccc2)cc1CCCNS(=O)(=O)CCCC#N. The molecule has 0 unspecified atom stereocenters. The van der Waals surface area contributed by atoms with Gasteiger partial charge in [0, 0.05) is 19.2 Å². The van der Waals surface area contributed by atoms with Gasteiger partial charge in [-0.2, -0.15) is 10.4 Å². The molecular weight excluding hydrogens is 324 g/mol. The van der Waals surface area contributed by atoms with Crippen molar-refractivity contribution in [1.29, 1.82) is 5.26 Å². The number of hydrogen-bond acceptors (Lipinski definition) is 4. The topological polar surface area (TPSA) is 87.8 Å². The van der Waals surface area contributed by atoms with Crippen molar-refractivity contribution < 1.29 is 8.42 Å². The Morgan fingerprint density at radius 3 is 2.71 bits per heavy atom. The molecule has 6 nitrogen and oxygen atoms in total. The number of nitriles is 1. The Labute approximate surface area is 143 Å². The summed E-state index contributed by atoms with van der Waals surface area (Å²) in [4.78, 5) is 0. The molecule has 0 radical (unpaired) electrons. The first-order valence-electron chi connectivity index (χ1n) is 7.97. The molecule has 1 heterocycles. The lowest BCUT2D eigenvalue weighted by atomic mass is 10.1. The zero-order valence-electron chi connectivity index (χ0n) is 13.8. The average Bonchev–Trinajstić information content (AvgIpc) is 2.94. The largest absolute Gasteiger partial charge is 0.240 e. The van der Waals surface area contributed by atoms with Crippen LogP contribution in [0.15, 0.2) is 36.5 Å². The Kier molecular flexibility index (Phi) is 6.53. The summed E-state index contributed by atoms with van der Waals surface area (Å²) in [6, 6.07) is 11.8. The van der Waals surface area contributed by atoms with E-state index in [2.05, 4.69) is 9.82 Å². The highest BCUT2D eigenvalue weighted by Gasteiger charge is 2.10. The lowest BCUT2D eigenvalue weighted by Gasteiger charge is -2.05. The Morgan fingerprint density at radius 1 is 1.25 bits per heavy atom. The van der Waals surface area contributed by atoms with Gasteiger partial charge in [-0.3, -0.25) is 0 Å². The van der Waals surface area contributed by atoms with E-state index in [9.17, 15) is 8.42 Å². The predicted octanol–water partition coefficient (Wildman–Crippen LogP) is 2.34. The fourth-order valence-electron chi connectivity index (χ4n) is 2.37. The lowest BCUT2D eigenvalue weighted by Crippen LogP contribution is -2.27. The Bertz CT molecular complexity index is 792. The molecule has 1 N–H and O–H groups in total. The summed E-state index contributed by atoms with van der Waals surface area (Å²) in [6.45, 7) is 2.35. The van der Waals surface area contributed by atoms with Gasteiger partial charge in [0.15, 0.2) is 0 Å². The first-order chi connectivity index (χ1) is 11.5. The van der Waals surface area contributed by atoms with E-state index in [1.807, 2.05) is 54.2 Å². The second kappa shape index (κ2) is 8.62. The highest BCUT2D eigenvalue weighted by Crippen LogP contribution is 2.13. The van der Waals surface area contributed by atoms with Crippen LogP contribution in [-0.4, -0.2) is 30.5 Å². The molecule has 1 aromatic heterocycles. The first kappa shape index (κ1) is 18.2. The smallest absolute Gasteiger partial charge is 0.211 e. The van der Waals surface area contributed by atoms with Gasteiger partial charge in [0.25, 0.3) is 0 Å². The molecule has 0 aliphatic carbocycles. The van der Waals surface area contributed by atoms with Crippen LogP contribution in [0.25, 0.3) is 5.69 Å². The number of nitrogens with zero attached hydrogens (tertiary/aromatic N) is 3. The molecule has 2 rings (SSSR count). The van der Waals surface area contributed by atoms with Crippen LogP contribution in [0.3, 0.4) is 0 Å². The van der Waals surface area contributed by atoms with Gasteiger partial charge >= 0.3 is 0 Å². The summed E-state index contributed by atoms with van der Waals surface area (Å²) >= 11 is 0. The van der Waals surface area contributed by atoms with Crippen molar-refractivity contribution in [3.05, 3.63) is 47.8 Å². The molecule has 0 fully saturated rings. The number of sulfonamides is 1. The molecule has 0 saturated heterocycles. The summed E-state index contributed by atoms with van der Waals surface area (Å²) in [5.74, 6) is 0.00548. The molecule has 0 atom stereocenters. The van der Waals surface area contributed by atoms with E-state index in [-0.39, 0.29) is 12.2 Å². The minimum absolute atomic E-state index is 0.00548. The summed E-state index contributed by atoms with van der Waals surface area (Å²) in [6.07, 6.45) is 4.10. The Hall–Kier alpha value is -2.17. The zero-order valence-corrected chi connectivity index (χ0v) is 14.6. The molecule has 0 aliphatic rings. The molecule has 1 aromatic carbocycles. The minimum atomic E-state index is -3.28. The summed E-state index contributed by atoms with van der Waals surface area (Å²) < 4.78 is 27.9. The highest BCUT2D eigenvalue weighted by molar-refractivity contribution is 7.89. The van der Waals surface area contributed by atoms with E-state index in [1.54, 1.807) is 0 Å². The monoisotopic (exact) mass is 346 g/mol. The second-order valence-corrected chi connectivity index (χ2v) is 7.52. The van der Waals surface area contributed by atoms with Crippen LogP contribution in [0.4, 0.5) is 0 Å². The normalized spacial score (nSPS) is 11.3. The van der Waals surface area contributed by atoms with Crippen molar-refractivity contribution in [2.75, 3.05) is 12.3 Å². The van der Waals surface area contributed by atoms with Crippen molar-refractivity contribution in [3.8, 4) is 11.8 Å². The number of aromatic nitrogens is 2. The van der Waals surface area contributed by atoms with Crippen LogP contribution in [0.5, 0.6) is 0 Å². The quantitative estimate of drug-likeness (QED) is 0.706. The number of unbranched alkanes of at least 4 members (excludes halogenated alkanes) is 1. The van der Waals surface area contributed by atoms with Crippen molar-refractivity contribution in [1.82, 2.24) is 14.5 Å². The van der Waals surface area contributed by atoms with Gasteiger partial charge in [-0.1, -0.05) is 18.2 Å².